The zero-order valence-corrected chi connectivity index (χ0v) is 15.2. The molecule has 24 heavy (non-hydrogen) atoms. The maximum atomic E-state index is 11.9. The lowest BCUT2D eigenvalue weighted by atomic mass is 10.0. The summed E-state index contributed by atoms with van der Waals surface area (Å²) in [5, 5.41) is 16.4. The fraction of sp³-hybridized carbons (Fsp3) is 0.444. The third-order valence-corrected chi connectivity index (χ3v) is 5.30. The van der Waals surface area contributed by atoms with Gasteiger partial charge in [-0.15, -0.1) is 11.3 Å². The number of hydrogen-bond donors (Lipinski definition) is 3. The summed E-state index contributed by atoms with van der Waals surface area (Å²) in [5.41, 5.74) is 2.01. The van der Waals surface area contributed by atoms with Crippen molar-refractivity contribution in [2.45, 2.75) is 39.8 Å². The molecule has 0 saturated carbocycles. The number of amides is 2. The predicted octanol–water partition coefficient (Wildman–Crippen LogP) is 3.32. The third-order valence-electron chi connectivity index (χ3n) is 4.10. The number of rotatable bonds is 7. The van der Waals surface area contributed by atoms with Crippen LogP contribution in [0.25, 0.3) is 10.6 Å². The molecule has 0 fully saturated rings. The van der Waals surface area contributed by atoms with Gasteiger partial charge < -0.3 is 15.7 Å². The van der Waals surface area contributed by atoms with Crippen LogP contribution in [0.5, 0.6) is 0 Å². The second kappa shape index (κ2) is 8.80. The van der Waals surface area contributed by atoms with Crippen molar-refractivity contribution in [3.63, 3.8) is 0 Å². The van der Waals surface area contributed by atoms with Crippen molar-refractivity contribution in [3.05, 3.63) is 40.9 Å². The average molecular weight is 347 g/mol. The monoisotopic (exact) mass is 347 g/mol. The van der Waals surface area contributed by atoms with E-state index >= 15 is 0 Å². The highest BCUT2D eigenvalue weighted by molar-refractivity contribution is 7.15. The van der Waals surface area contributed by atoms with E-state index in [0.29, 0.717) is 6.54 Å². The molecule has 1 aromatic carbocycles. The van der Waals surface area contributed by atoms with Gasteiger partial charge in [-0.3, -0.25) is 0 Å². The first-order chi connectivity index (χ1) is 11.5. The summed E-state index contributed by atoms with van der Waals surface area (Å²) in [5.74, 6) is 0.169. The molecule has 0 aliphatic heterocycles. The number of nitrogens with zero attached hydrogens (tertiary/aromatic N) is 1. The second-order valence-corrected chi connectivity index (χ2v) is 6.99. The molecule has 6 heteroatoms. The molecule has 0 aliphatic rings. The molecular formula is C18H25N3O2S. The molecule has 3 N–H and O–H groups in total. The largest absolute Gasteiger partial charge is 0.391 e. The molecule has 2 aromatic rings. The zero-order valence-electron chi connectivity index (χ0n) is 14.4. The molecule has 2 amide bonds. The van der Waals surface area contributed by atoms with Gasteiger partial charge in [-0.2, -0.15) is 0 Å². The first-order valence-corrected chi connectivity index (χ1v) is 9.04. The normalized spacial score (nSPS) is 13.3. The Bertz CT molecular complexity index is 658. The highest BCUT2D eigenvalue weighted by Gasteiger charge is 2.14. The first-order valence-electron chi connectivity index (χ1n) is 8.22. The minimum Gasteiger partial charge on any atom is -0.391 e. The van der Waals surface area contributed by atoms with Gasteiger partial charge >= 0.3 is 6.03 Å². The van der Waals surface area contributed by atoms with Gasteiger partial charge in [0.2, 0.25) is 0 Å². The number of aliphatic hydroxyl groups is 1. The Labute approximate surface area is 147 Å². The molecule has 2 unspecified atom stereocenters. The van der Waals surface area contributed by atoms with E-state index < -0.39 is 6.10 Å². The molecule has 0 saturated heterocycles. The van der Waals surface area contributed by atoms with Crippen molar-refractivity contribution in [3.8, 4) is 10.6 Å². The summed E-state index contributed by atoms with van der Waals surface area (Å²) in [4.78, 5) is 17.5. The summed E-state index contributed by atoms with van der Waals surface area (Å²) in [7, 11) is 0. The van der Waals surface area contributed by atoms with Gasteiger partial charge in [-0.1, -0.05) is 50.6 Å². The topological polar surface area (TPSA) is 74.2 Å². The Morgan fingerprint density at radius 3 is 2.67 bits per heavy atom. The van der Waals surface area contributed by atoms with E-state index in [1.165, 1.54) is 0 Å². The maximum Gasteiger partial charge on any atom is 0.315 e. The molecular weight excluding hydrogens is 322 g/mol. The predicted molar refractivity (Wildman–Crippen MR) is 98.0 cm³/mol. The minimum absolute atomic E-state index is 0.169. The molecule has 2 atom stereocenters. The van der Waals surface area contributed by atoms with Crippen LogP contribution in [0.15, 0.2) is 30.3 Å². The quantitative estimate of drug-likeness (QED) is 0.719. The van der Waals surface area contributed by atoms with Crippen molar-refractivity contribution < 1.29 is 9.90 Å². The summed E-state index contributed by atoms with van der Waals surface area (Å²) in [6.07, 6.45) is 0.364. The lowest BCUT2D eigenvalue weighted by molar-refractivity contribution is 0.114. The van der Waals surface area contributed by atoms with E-state index in [0.717, 1.165) is 27.6 Å². The number of carbonyl (C=O) groups is 1. The first kappa shape index (κ1) is 18.4. The highest BCUT2D eigenvalue weighted by atomic mass is 32.1. The van der Waals surface area contributed by atoms with E-state index in [2.05, 4.69) is 15.6 Å². The standard InChI is InChI=1S/C18H25N3O2S/c1-4-12(2)15(22)10-19-18(23)20-11-16-13(3)21-17(24-16)14-8-6-5-7-9-14/h5-9,12,15,22H,4,10-11H2,1-3H3,(H2,19,20,23). The number of benzene rings is 1. The van der Waals surface area contributed by atoms with E-state index in [4.69, 9.17) is 0 Å². The molecule has 130 valence electrons. The SMILES string of the molecule is CCC(C)C(O)CNC(=O)NCc1sc(-c2ccccc2)nc1C. The van der Waals surface area contributed by atoms with Gasteiger partial charge in [0, 0.05) is 17.0 Å². The second-order valence-electron chi connectivity index (χ2n) is 5.91. The Balaban J connectivity index is 1.86. The number of nitrogens with one attached hydrogen (secondary N) is 2. The van der Waals surface area contributed by atoms with Gasteiger partial charge in [0.1, 0.15) is 5.01 Å². The Kier molecular flexibility index (Phi) is 6.75. The fourth-order valence-corrected chi connectivity index (χ4v) is 3.20. The van der Waals surface area contributed by atoms with E-state index in [9.17, 15) is 9.90 Å². The van der Waals surface area contributed by atoms with Crippen LogP contribution in [0, 0.1) is 12.8 Å². The Hall–Kier alpha value is -1.92. The molecule has 2 rings (SSSR count). The van der Waals surface area contributed by atoms with Gasteiger partial charge in [0.15, 0.2) is 0 Å². The average Bonchev–Trinajstić information content (AvgIpc) is 2.98. The van der Waals surface area contributed by atoms with Crippen LogP contribution in [0.1, 0.15) is 30.8 Å². The zero-order chi connectivity index (χ0) is 17.5. The third kappa shape index (κ3) is 5.04. The molecule has 1 aromatic heterocycles. The molecule has 0 bridgehead atoms. The summed E-state index contributed by atoms with van der Waals surface area (Å²) < 4.78 is 0. The van der Waals surface area contributed by atoms with Crippen molar-refractivity contribution in [2.24, 2.45) is 5.92 Å². The van der Waals surface area contributed by atoms with Crippen molar-refractivity contribution in [1.29, 1.82) is 0 Å². The van der Waals surface area contributed by atoms with E-state index in [1.54, 1.807) is 11.3 Å². The number of hydrogen-bond acceptors (Lipinski definition) is 4. The van der Waals surface area contributed by atoms with Crippen molar-refractivity contribution in [1.82, 2.24) is 15.6 Å². The highest BCUT2D eigenvalue weighted by Crippen LogP contribution is 2.27. The van der Waals surface area contributed by atoms with Gasteiger partial charge in [0.05, 0.1) is 18.3 Å². The number of carbonyl (C=O) groups excluding carboxylic acids is 1. The molecule has 0 aliphatic carbocycles. The fourth-order valence-electron chi connectivity index (χ4n) is 2.19. The van der Waals surface area contributed by atoms with E-state index in [-0.39, 0.29) is 18.5 Å². The Morgan fingerprint density at radius 1 is 1.29 bits per heavy atom. The van der Waals surface area contributed by atoms with Crippen molar-refractivity contribution in [2.75, 3.05) is 6.54 Å². The summed E-state index contributed by atoms with van der Waals surface area (Å²) in [6, 6.07) is 9.73. The van der Waals surface area contributed by atoms with Crippen LogP contribution < -0.4 is 10.6 Å². The summed E-state index contributed by atoms with van der Waals surface area (Å²) in [6.45, 7) is 6.63. The number of thiazole rings is 1. The van der Waals surface area contributed by atoms with Gasteiger partial charge in [0.25, 0.3) is 0 Å². The smallest absolute Gasteiger partial charge is 0.315 e. The van der Waals surface area contributed by atoms with E-state index in [1.807, 2.05) is 51.1 Å². The number of aromatic nitrogens is 1. The van der Waals surface area contributed by atoms with Crippen LogP contribution >= 0.6 is 11.3 Å². The van der Waals surface area contributed by atoms with Gasteiger partial charge in [-0.25, -0.2) is 9.78 Å². The molecule has 0 spiro atoms. The van der Waals surface area contributed by atoms with Crippen LogP contribution in [-0.2, 0) is 6.54 Å². The van der Waals surface area contributed by atoms with Crippen LogP contribution in [0.4, 0.5) is 4.79 Å². The number of urea groups is 1. The van der Waals surface area contributed by atoms with Crippen LogP contribution in [0.2, 0.25) is 0 Å². The number of aliphatic hydroxyl groups excluding tert-OH is 1. The molecule has 5 nitrogen and oxygen atoms in total. The van der Waals surface area contributed by atoms with Crippen LogP contribution in [-0.4, -0.2) is 28.8 Å². The Morgan fingerprint density at radius 2 is 2.00 bits per heavy atom. The minimum atomic E-state index is -0.518. The number of aryl methyl sites for hydroxylation is 1. The van der Waals surface area contributed by atoms with Gasteiger partial charge in [-0.05, 0) is 12.8 Å². The lowest BCUT2D eigenvalue weighted by Gasteiger charge is -2.17. The molecule has 1 heterocycles. The van der Waals surface area contributed by atoms with Crippen LogP contribution in [0.3, 0.4) is 0 Å². The maximum absolute atomic E-state index is 11.9. The lowest BCUT2D eigenvalue weighted by Crippen LogP contribution is -2.41. The molecule has 0 radical (unpaired) electrons. The van der Waals surface area contributed by atoms with Crippen molar-refractivity contribution >= 4 is 17.4 Å². The summed E-state index contributed by atoms with van der Waals surface area (Å²) >= 11 is 1.58.